The highest BCUT2D eigenvalue weighted by Gasteiger charge is 2.51. The molecule has 30 heavy (non-hydrogen) atoms. The summed E-state index contributed by atoms with van der Waals surface area (Å²) in [5.41, 5.74) is 8.73. The third-order valence-corrected chi connectivity index (χ3v) is 7.50. The second-order valence-corrected chi connectivity index (χ2v) is 8.97. The second-order valence-electron chi connectivity index (χ2n) is 8.23. The van der Waals surface area contributed by atoms with E-state index in [1.165, 1.54) is 0 Å². The van der Waals surface area contributed by atoms with Gasteiger partial charge in [-0.05, 0) is 18.4 Å². The molecule has 0 spiro atoms. The van der Waals surface area contributed by atoms with Gasteiger partial charge in [0.05, 0.1) is 21.3 Å². The van der Waals surface area contributed by atoms with Crippen LogP contribution in [0.2, 0.25) is 10.2 Å². The van der Waals surface area contributed by atoms with Crippen molar-refractivity contribution < 1.29 is 0 Å². The lowest BCUT2D eigenvalue weighted by Crippen LogP contribution is -2.50. The molecular weight excluding hydrogens is 425 g/mol. The van der Waals surface area contributed by atoms with Gasteiger partial charge in [-0.2, -0.15) is 10.1 Å². The Morgan fingerprint density at radius 1 is 1.20 bits per heavy atom. The minimum atomic E-state index is -0.127. The molecule has 7 rings (SSSR count). The summed E-state index contributed by atoms with van der Waals surface area (Å²) >= 11 is 13.1. The number of hydrogen-bond donors (Lipinski definition) is 2. The van der Waals surface area contributed by atoms with E-state index in [4.69, 9.17) is 33.9 Å². The van der Waals surface area contributed by atoms with Gasteiger partial charge in [0.1, 0.15) is 10.8 Å². The van der Waals surface area contributed by atoms with E-state index in [1.807, 2.05) is 12.1 Å². The number of rotatable bonds is 2. The molecule has 1 aliphatic carbocycles. The maximum absolute atomic E-state index is 13.4. The van der Waals surface area contributed by atoms with Crippen LogP contribution in [-0.4, -0.2) is 42.9 Å². The fourth-order valence-electron chi connectivity index (χ4n) is 4.93. The minimum Gasteiger partial charge on any atom is -0.345 e. The van der Waals surface area contributed by atoms with Crippen molar-refractivity contribution in [3.8, 4) is 11.1 Å². The third kappa shape index (κ3) is 2.18. The van der Waals surface area contributed by atoms with E-state index >= 15 is 0 Å². The Hall–Kier alpha value is -2.55. The second kappa shape index (κ2) is 6.00. The Balaban J connectivity index is 1.55. The Bertz CT molecular complexity index is 1420. The number of fused-ring (bicyclic) bond motifs is 3. The highest BCUT2D eigenvalue weighted by molar-refractivity contribution is 6.43. The molecule has 0 radical (unpaired) electrons. The predicted molar refractivity (Wildman–Crippen MR) is 118 cm³/mol. The molecule has 154 valence electrons. The number of halogens is 2. The predicted octanol–water partition coefficient (Wildman–Crippen LogP) is 2.66. The van der Waals surface area contributed by atoms with E-state index in [1.54, 1.807) is 29.5 Å². The molecule has 3 aliphatic rings. The average molecular weight is 444 g/mol. The Morgan fingerprint density at radius 3 is 2.70 bits per heavy atom. The van der Waals surface area contributed by atoms with Crippen LogP contribution in [0.25, 0.3) is 33.1 Å². The van der Waals surface area contributed by atoms with Gasteiger partial charge in [0.2, 0.25) is 5.95 Å². The van der Waals surface area contributed by atoms with Crippen molar-refractivity contribution in [3.05, 3.63) is 38.9 Å². The maximum Gasteiger partial charge on any atom is 0.264 e. The van der Waals surface area contributed by atoms with E-state index < -0.39 is 0 Å². The van der Waals surface area contributed by atoms with Gasteiger partial charge < -0.3 is 15.6 Å². The molecule has 1 saturated carbocycles. The Labute approximate surface area is 181 Å². The highest BCUT2D eigenvalue weighted by atomic mass is 35.5. The molecule has 4 aromatic rings. The zero-order chi connectivity index (χ0) is 20.9. The van der Waals surface area contributed by atoms with Gasteiger partial charge in [0, 0.05) is 50.0 Å². The van der Waals surface area contributed by atoms with Gasteiger partial charge in [-0.3, -0.25) is 14.0 Å². The number of benzene rings is 1. The first-order chi connectivity index (χ1) is 14.4. The van der Waals surface area contributed by atoms with Crippen LogP contribution in [0.1, 0.15) is 6.42 Å². The Morgan fingerprint density at radius 2 is 2.00 bits per heavy atom. The minimum absolute atomic E-state index is 0.127. The summed E-state index contributed by atoms with van der Waals surface area (Å²) < 4.78 is 3.19. The molecule has 1 aromatic carbocycles. The van der Waals surface area contributed by atoms with Crippen LogP contribution in [0.3, 0.4) is 0 Å². The Kier molecular flexibility index (Phi) is 3.65. The molecule has 3 fully saturated rings. The summed E-state index contributed by atoms with van der Waals surface area (Å²) in [5.74, 6) is 1.13. The van der Waals surface area contributed by atoms with Gasteiger partial charge in [-0.15, -0.1) is 0 Å². The van der Waals surface area contributed by atoms with Crippen LogP contribution in [0.4, 0.5) is 5.95 Å². The molecule has 2 aliphatic heterocycles. The van der Waals surface area contributed by atoms with Crippen LogP contribution in [0, 0.1) is 5.92 Å². The molecule has 3 aromatic heterocycles. The van der Waals surface area contributed by atoms with E-state index in [9.17, 15) is 4.79 Å². The summed E-state index contributed by atoms with van der Waals surface area (Å²) in [7, 11) is 3.52. The van der Waals surface area contributed by atoms with Crippen molar-refractivity contribution in [2.45, 2.75) is 18.5 Å². The number of nitrogens with two attached hydrogens (primary N) is 1. The normalized spacial score (nSPS) is 23.0. The number of nitrogens with zero attached hydrogens (tertiary/aromatic N) is 5. The van der Waals surface area contributed by atoms with E-state index in [0.717, 1.165) is 13.0 Å². The lowest BCUT2D eigenvalue weighted by molar-refractivity contribution is 0.311. The number of aromatic nitrogens is 5. The van der Waals surface area contributed by atoms with E-state index in [0.29, 0.717) is 55.1 Å². The van der Waals surface area contributed by atoms with Crippen molar-refractivity contribution in [2.75, 3.05) is 11.4 Å². The van der Waals surface area contributed by atoms with Crippen LogP contribution < -0.4 is 16.2 Å². The molecule has 3 atom stereocenters. The molecule has 5 heterocycles. The van der Waals surface area contributed by atoms with Crippen molar-refractivity contribution in [1.82, 2.24) is 24.3 Å². The molecular formula is C20H19Cl2N7O. The van der Waals surface area contributed by atoms with Crippen molar-refractivity contribution in [2.24, 2.45) is 25.7 Å². The first-order valence-electron chi connectivity index (χ1n) is 9.78. The van der Waals surface area contributed by atoms with Crippen molar-refractivity contribution in [3.63, 3.8) is 0 Å². The van der Waals surface area contributed by atoms with Crippen molar-refractivity contribution in [1.29, 1.82) is 0 Å². The van der Waals surface area contributed by atoms with Crippen LogP contribution in [-0.2, 0) is 14.1 Å². The van der Waals surface area contributed by atoms with Gasteiger partial charge in [0.15, 0.2) is 0 Å². The van der Waals surface area contributed by atoms with E-state index in [-0.39, 0.29) is 17.6 Å². The zero-order valence-corrected chi connectivity index (χ0v) is 17.9. The van der Waals surface area contributed by atoms with Crippen LogP contribution >= 0.6 is 23.2 Å². The number of hydrogen-bond acceptors (Lipinski definition) is 5. The summed E-state index contributed by atoms with van der Waals surface area (Å²) in [4.78, 5) is 23.5. The maximum atomic E-state index is 13.4. The molecule has 3 N–H and O–H groups in total. The molecule has 2 bridgehead atoms. The first kappa shape index (κ1) is 18.2. The van der Waals surface area contributed by atoms with Crippen LogP contribution in [0.5, 0.6) is 0 Å². The third-order valence-electron chi connectivity index (χ3n) is 6.67. The monoisotopic (exact) mass is 443 g/mol. The molecule has 8 nitrogen and oxygen atoms in total. The quantitative estimate of drug-likeness (QED) is 0.496. The van der Waals surface area contributed by atoms with Crippen LogP contribution in [0.15, 0.2) is 23.1 Å². The van der Waals surface area contributed by atoms with Gasteiger partial charge >= 0.3 is 0 Å². The average Bonchev–Trinajstić information content (AvgIpc) is 3.47. The first-order valence-corrected chi connectivity index (χ1v) is 10.5. The number of aryl methyl sites for hydroxylation is 1. The lowest BCUT2D eigenvalue weighted by atomic mass is 9.81. The van der Waals surface area contributed by atoms with Gasteiger partial charge in [0.25, 0.3) is 5.56 Å². The lowest BCUT2D eigenvalue weighted by Gasteiger charge is -2.33. The van der Waals surface area contributed by atoms with Crippen molar-refractivity contribution >= 4 is 51.1 Å². The molecule has 1 unspecified atom stereocenters. The zero-order valence-electron chi connectivity index (χ0n) is 16.4. The topological polar surface area (TPSA) is 97.8 Å². The fourth-order valence-corrected chi connectivity index (χ4v) is 5.56. The smallest absolute Gasteiger partial charge is 0.264 e. The van der Waals surface area contributed by atoms with E-state index in [2.05, 4.69) is 15.0 Å². The number of nitrogens with one attached hydrogen (secondary N) is 1. The number of aromatic amines is 1. The molecule has 2 saturated heterocycles. The van der Waals surface area contributed by atoms with Gasteiger partial charge in [-0.1, -0.05) is 29.3 Å². The summed E-state index contributed by atoms with van der Waals surface area (Å²) in [6.07, 6.45) is 2.84. The molecule has 10 heteroatoms. The SMILES string of the molecule is Cn1nc2ccc(-c3c[nH]c4nc(N5C[C@H]6C[C@@H]5C6N)n(C)c(=O)c34)c(Cl)c2c1Cl. The summed E-state index contributed by atoms with van der Waals surface area (Å²) in [5, 5.41) is 6.44. The highest BCUT2D eigenvalue weighted by Crippen LogP contribution is 2.42. The summed E-state index contributed by atoms with van der Waals surface area (Å²) in [6.45, 7) is 0.840. The molecule has 0 amide bonds. The number of anilines is 1. The standard InChI is InChI=1S/C20H19Cl2N7O/c1-27-19(30)13-10(9-3-4-11-14(15(9)21)17(22)28(2)26-11)6-24-18(13)25-20(27)29-7-8-5-12(29)16(8)23/h3-4,6,8,12,16,24H,5,7,23H2,1-2H3/t8-,12-,16?/m1/s1. The summed E-state index contributed by atoms with van der Waals surface area (Å²) in [6, 6.07) is 4.13. The largest absolute Gasteiger partial charge is 0.345 e. The number of H-pyrrole nitrogens is 1. The fraction of sp³-hybridized carbons (Fsp3) is 0.350. The van der Waals surface area contributed by atoms with Gasteiger partial charge in [-0.25, -0.2) is 0 Å².